The minimum absolute atomic E-state index is 0.0876. The highest BCUT2D eigenvalue weighted by atomic mass is 16.5. The number of aliphatic carboxylic acids is 1. The van der Waals surface area contributed by atoms with Gasteiger partial charge in [0.05, 0.1) is 6.10 Å². The molecule has 124 valence electrons. The third-order valence-corrected chi connectivity index (χ3v) is 4.74. The Hall–Kier alpha value is -0.610. The van der Waals surface area contributed by atoms with Crippen molar-refractivity contribution in [2.45, 2.75) is 83.8 Å². The number of ether oxygens (including phenoxy) is 1. The van der Waals surface area contributed by atoms with Gasteiger partial charge in [-0.15, -0.1) is 0 Å². The molecule has 3 atom stereocenters. The van der Waals surface area contributed by atoms with E-state index in [9.17, 15) is 9.90 Å². The van der Waals surface area contributed by atoms with Gasteiger partial charge in [0.15, 0.2) is 0 Å². The van der Waals surface area contributed by atoms with Gasteiger partial charge in [-0.05, 0) is 38.1 Å². The van der Waals surface area contributed by atoms with Gasteiger partial charge in [0, 0.05) is 13.0 Å². The molecule has 1 aliphatic rings. The van der Waals surface area contributed by atoms with Gasteiger partial charge in [-0.3, -0.25) is 4.79 Å². The molecule has 1 saturated carbocycles. The maximum absolute atomic E-state index is 11.6. The molecule has 0 aromatic heterocycles. The standard InChI is InChI=1S/C17H33NO3/c1-4-7-9-14(5-2)13-21-15-10-8-11-17(12-15,16(19)20)18-6-3/h14-15,18H,4-13H2,1-3H3,(H,19,20). The van der Waals surface area contributed by atoms with Crippen LogP contribution in [0, 0.1) is 5.92 Å². The van der Waals surface area contributed by atoms with Crippen LogP contribution in [-0.2, 0) is 9.53 Å². The van der Waals surface area contributed by atoms with E-state index in [1.807, 2.05) is 6.92 Å². The van der Waals surface area contributed by atoms with E-state index in [0.29, 0.717) is 25.3 Å². The van der Waals surface area contributed by atoms with Crippen LogP contribution in [0.25, 0.3) is 0 Å². The summed E-state index contributed by atoms with van der Waals surface area (Å²) in [5, 5.41) is 12.7. The van der Waals surface area contributed by atoms with E-state index in [2.05, 4.69) is 19.2 Å². The first kappa shape index (κ1) is 18.4. The van der Waals surface area contributed by atoms with Crippen LogP contribution in [0.4, 0.5) is 0 Å². The second kappa shape index (κ2) is 9.42. The van der Waals surface area contributed by atoms with E-state index in [0.717, 1.165) is 25.9 Å². The highest BCUT2D eigenvalue weighted by Crippen LogP contribution is 2.31. The number of carbonyl (C=O) groups is 1. The molecule has 0 bridgehead atoms. The number of unbranched alkanes of at least 4 members (excludes halogenated alkanes) is 1. The average Bonchev–Trinajstić information content (AvgIpc) is 2.48. The van der Waals surface area contributed by atoms with Crippen molar-refractivity contribution in [2.75, 3.05) is 13.2 Å². The second-order valence-electron chi connectivity index (χ2n) is 6.39. The number of rotatable bonds is 10. The molecular weight excluding hydrogens is 266 g/mol. The highest BCUT2D eigenvalue weighted by molar-refractivity contribution is 5.79. The van der Waals surface area contributed by atoms with Crippen molar-refractivity contribution in [3.63, 3.8) is 0 Å². The fourth-order valence-electron chi connectivity index (χ4n) is 3.31. The number of hydrogen-bond donors (Lipinski definition) is 2. The molecule has 0 spiro atoms. The Bertz CT molecular complexity index is 304. The van der Waals surface area contributed by atoms with Gasteiger partial charge >= 0.3 is 5.97 Å². The van der Waals surface area contributed by atoms with Crippen molar-refractivity contribution in [2.24, 2.45) is 5.92 Å². The molecule has 0 radical (unpaired) electrons. The highest BCUT2D eigenvalue weighted by Gasteiger charge is 2.42. The zero-order valence-electron chi connectivity index (χ0n) is 14.0. The SMILES string of the molecule is CCCCC(CC)COC1CCCC(NCC)(C(=O)O)C1. The molecule has 0 heterocycles. The molecule has 1 rings (SSSR count). The minimum atomic E-state index is -0.775. The average molecular weight is 299 g/mol. The molecule has 0 amide bonds. The Morgan fingerprint density at radius 2 is 2.19 bits per heavy atom. The molecule has 3 unspecified atom stereocenters. The van der Waals surface area contributed by atoms with E-state index in [1.165, 1.54) is 19.3 Å². The molecule has 1 aliphatic carbocycles. The van der Waals surface area contributed by atoms with Crippen molar-refractivity contribution < 1.29 is 14.6 Å². The van der Waals surface area contributed by atoms with E-state index >= 15 is 0 Å². The summed E-state index contributed by atoms with van der Waals surface area (Å²) >= 11 is 0. The zero-order chi connectivity index (χ0) is 15.7. The number of carboxylic acids is 1. The molecule has 4 heteroatoms. The quantitative estimate of drug-likeness (QED) is 0.647. The lowest BCUT2D eigenvalue weighted by Gasteiger charge is -2.38. The van der Waals surface area contributed by atoms with Crippen molar-refractivity contribution >= 4 is 5.97 Å². The van der Waals surface area contributed by atoms with Crippen LogP contribution >= 0.6 is 0 Å². The first-order chi connectivity index (χ1) is 10.1. The van der Waals surface area contributed by atoms with E-state index in [4.69, 9.17) is 4.74 Å². The largest absolute Gasteiger partial charge is 0.480 e. The third-order valence-electron chi connectivity index (χ3n) is 4.74. The van der Waals surface area contributed by atoms with Crippen LogP contribution in [-0.4, -0.2) is 35.9 Å². The van der Waals surface area contributed by atoms with Gasteiger partial charge in [-0.2, -0.15) is 0 Å². The maximum Gasteiger partial charge on any atom is 0.323 e. The topological polar surface area (TPSA) is 58.6 Å². The summed E-state index contributed by atoms with van der Waals surface area (Å²) in [5.41, 5.74) is -0.775. The summed E-state index contributed by atoms with van der Waals surface area (Å²) in [6, 6.07) is 0. The Morgan fingerprint density at radius 3 is 2.76 bits per heavy atom. The van der Waals surface area contributed by atoms with Gasteiger partial charge in [0.2, 0.25) is 0 Å². The van der Waals surface area contributed by atoms with Crippen LogP contribution in [0.15, 0.2) is 0 Å². The van der Waals surface area contributed by atoms with Crippen LogP contribution in [0.3, 0.4) is 0 Å². The molecule has 1 fully saturated rings. The van der Waals surface area contributed by atoms with E-state index < -0.39 is 11.5 Å². The molecule has 21 heavy (non-hydrogen) atoms. The lowest BCUT2D eigenvalue weighted by molar-refractivity contribution is -0.149. The van der Waals surface area contributed by atoms with Gasteiger partial charge in [-0.25, -0.2) is 0 Å². The number of likely N-dealkylation sites (N-methyl/N-ethyl adjacent to an activating group) is 1. The molecule has 4 nitrogen and oxygen atoms in total. The van der Waals surface area contributed by atoms with Crippen LogP contribution in [0.5, 0.6) is 0 Å². The third kappa shape index (κ3) is 5.59. The first-order valence-corrected chi connectivity index (χ1v) is 8.68. The van der Waals surface area contributed by atoms with Gasteiger partial charge < -0.3 is 15.2 Å². The lowest BCUT2D eigenvalue weighted by Crippen LogP contribution is -2.56. The number of carboxylic acid groups (broad SMARTS) is 1. The minimum Gasteiger partial charge on any atom is -0.480 e. The molecule has 0 saturated heterocycles. The Kier molecular flexibility index (Phi) is 8.27. The summed E-state index contributed by atoms with van der Waals surface area (Å²) in [4.78, 5) is 11.6. The molecule has 2 N–H and O–H groups in total. The van der Waals surface area contributed by atoms with Crippen molar-refractivity contribution in [1.82, 2.24) is 5.32 Å². The van der Waals surface area contributed by atoms with Crippen molar-refractivity contribution in [1.29, 1.82) is 0 Å². The van der Waals surface area contributed by atoms with E-state index in [1.54, 1.807) is 0 Å². The van der Waals surface area contributed by atoms with E-state index in [-0.39, 0.29) is 6.10 Å². The molecule has 0 aliphatic heterocycles. The first-order valence-electron chi connectivity index (χ1n) is 8.68. The molecular formula is C17H33NO3. The fourth-order valence-corrected chi connectivity index (χ4v) is 3.31. The Morgan fingerprint density at radius 1 is 1.43 bits per heavy atom. The number of nitrogens with one attached hydrogen (secondary N) is 1. The van der Waals surface area contributed by atoms with Crippen LogP contribution < -0.4 is 5.32 Å². The summed E-state index contributed by atoms with van der Waals surface area (Å²) < 4.78 is 6.08. The fraction of sp³-hybridized carbons (Fsp3) is 0.941. The van der Waals surface area contributed by atoms with Gasteiger partial charge in [-0.1, -0.05) is 40.0 Å². The van der Waals surface area contributed by atoms with Crippen LogP contribution in [0.2, 0.25) is 0 Å². The Labute approximate surface area is 129 Å². The second-order valence-corrected chi connectivity index (χ2v) is 6.39. The maximum atomic E-state index is 11.6. The summed E-state index contributed by atoms with van der Waals surface area (Å²) in [7, 11) is 0. The normalized spacial score (nSPS) is 27.5. The predicted molar refractivity (Wildman–Crippen MR) is 85.6 cm³/mol. The molecule has 0 aromatic carbocycles. The lowest BCUT2D eigenvalue weighted by atomic mass is 9.80. The smallest absolute Gasteiger partial charge is 0.323 e. The molecule has 0 aromatic rings. The monoisotopic (exact) mass is 299 g/mol. The Balaban J connectivity index is 2.49. The van der Waals surface area contributed by atoms with Gasteiger partial charge in [0.25, 0.3) is 0 Å². The van der Waals surface area contributed by atoms with Crippen LogP contribution in [0.1, 0.15) is 72.1 Å². The number of hydrogen-bond acceptors (Lipinski definition) is 3. The van der Waals surface area contributed by atoms with Gasteiger partial charge in [0.1, 0.15) is 5.54 Å². The zero-order valence-corrected chi connectivity index (χ0v) is 14.0. The summed E-state index contributed by atoms with van der Waals surface area (Å²) in [5.74, 6) is -0.110. The summed E-state index contributed by atoms with van der Waals surface area (Å²) in [6.07, 6.45) is 8.15. The van der Waals surface area contributed by atoms with Crippen molar-refractivity contribution in [3.05, 3.63) is 0 Å². The van der Waals surface area contributed by atoms with Crippen molar-refractivity contribution in [3.8, 4) is 0 Å². The predicted octanol–water partition coefficient (Wildman–Crippen LogP) is 3.59. The summed E-state index contributed by atoms with van der Waals surface area (Å²) in [6.45, 7) is 7.86.